The van der Waals surface area contributed by atoms with Crippen LogP contribution in [0.25, 0.3) is 10.9 Å². The maximum Gasteiger partial charge on any atom is 0.387 e. The summed E-state index contributed by atoms with van der Waals surface area (Å²) in [6.07, 6.45) is 4.22. The number of alkyl halides is 2. The number of fused-ring (bicyclic) bond motifs is 1. The molecule has 1 amide bonds. The van der Waals surface area contributed by atoms with Crippen LogP contribution in [0, 0.1) is 17.2 Å². The number of benzene rings is 1. The molecule has 2 aliphatic rings. The fourth-order valence-corrected chi connectivity index (χ4v) is 3.71. The van der Waals surface area contributed by atoms with Gasteiger partial charge < -0.3 is 14.5 Å². The van der Waals surface area contributed by atoms with E-state index in [4.69, 9.17) is 0 Å². The Morgan fingerprint density at radius 3 is 2.79 bits per heavy atom. The second-order valence-electron chi connectivity index (χ2n) is 7.13. The molecule has 0 bridgehead atoms. The SMILES string of the molecule is N#Cc1cnc2ccc(OC(F)F)cc2c1N1CCCN(C(=O)C2CC2)CC1. The molecule has 4 rings (SSSR count). The average Bonchev–Trinajstić information content (AvgIpc) is 3.53. The lowest BCUT2D eigenvalue weighted by atomic mass is 10.1. The highest BCUT2D eigenvalue weighted by molar-refractivity contribution is 5.95. The van der Waals surface area contributed by atoms with Crippen LogP contribution in [-0.2, 0) is 4.79 Å². The number of pyridine rings is 1. The lowest BCUT2D eigenvalue weighted by Crippen LogP contribution is -2.36. The smallest absolute Gasteiger partial charge is 0.387 e. The van der Waals surface area contributed by atoms with Gasteiger partial charge in [-0.3, -0.25) is 9.78 Å². The van der Waals surface area contributed by atoms with Gasteiger partial charge in [0.15, 0.2) is 0 Å². The molecule has 1 saturated heterocycles. The van der Waals surface area contributed by atoms with Crippen molar-refractivity contribution in [2.75, 3.05) is 31.1 Å². The Morgan fingerprint density at radius 1 is 1.25 bits per heavy atom. The van der Waals surface area contributed by atoms with Crippen LogP contribution in [0.2, 0.25) is 0 Å². The summed E-state index contributed by atoms with van der Waals surface area (Å²) in [7, 11) is 0. The topological polar surface area (TPSA) is 69.5 Å². The molecule has 0 N–H and O–H groups in total. The van der Waals surface area contributed by atoms with E-state index in [-0.39, 0.29) is 17.6 Å². The molecule has 1 aliphatic carbocycles. The molecule has 0 spiro atoms. The molecule has 2 aromatic rings. The molecule has 8 heteroatoms. The van der Waals surface area contributed by atoms with Gasteiger partial charge in [-0.05, 0) is 37.5 Å². The first kappa shape index (κ1) is 18.4. The summed E-state index contributed by atoms with van der Waals surface area (Å²) < 4.78 is 29.8. The lowest BCUT2D eigenvalue weighted by Gasteiger charge is -2.26. The fraction of sp³-hybridized carbons (Fsp3) is 0.450. The van der Waals surface area contributed by atoms with Crippen LogP contribution >= 0.6 is 0 Å². The Labute approximate surface area is 161 Å². The maximum absolute atomic E-state index is 12.6. The second kappa shape index (κ2) is 7.58. The number of hydrogen-bond acceptors (Lipinski definition) is 5. The van der Waals surface area contributed by atoms with Crippen molar-refractivity contribution in [2.24, 2.45) is 5.92 Å². The number of carbonyl (C=O) groups excluding carboxylic acids is 1. The minimum atomic E-state index is -2.92. The number of halogens is 2. The van der Waals surface area contributed by atoms with Crippen molar-refractivity contribution >= 4 is 22.5 Å². The number of amides is 1. The number of anilines is 1. The van der Waals surface area contributed by atoms with Crippen molar-refractivity contribution in [3.05, 3.63) is 30.0 Å². The Hall–Kier alpha value is -2.95. The van der Waals surface area contributed by atoms with E-state index < -0.39 is 6.61 Å². The minimum absolute atomic E-state index is 0.0287. The van der Waals surface area contributed by atoms with Gasteiger partial charge in [0.1, 0.15) is 11.8 Å². The zero-order chi connectivity index (χ0) is 19.7. The van der Waals surface area contributed by atoms with Crippen molar-refractivity contribution in [1.82, 2.24) is 9.88 Å². The molecule has 2 fully saturated rings. The van der Waals surface area contributed by atoms with Gasteiger partial charge in [-0.15, -0.1) is 0 Å². The van der Waals surface area contributed by atoms with Gasteiger partial charge in [-0.25, -0.2) is 0 Å². The first-order chi connectivity index (χ1) is 13.6. The lowest BCUT2D eigenvalue weighted by molar-refractivity contribution is -0.132. The van der Waals surface area contributed by atoms with Gasteiger partial charge in [-0.2, -0.15) is 14.0 Å². The standard InChI is InChI=1S/C20H20F2N4O2/c21-20(22)28-15-4-5-17-16(10-15)18(14(11-23)12-24-17)25-6-1-7-26(9-8-25)19(27)13-2-3-13/h4-5,10,12-13,20H,1-3,6-9H2. The van der Waals surface area contributed by atoms with Crippen LogP contribution in [0.3, 0.4) is 0 Å². The van der Waals surface area contributed by atoms with E-state index in [1.807, 2.05) is 4.90 Å². The first-order valence-electron chi connectivity index (χ1n) is 9.38. The number of carbonyl (C=O) groups is 1. The van der Waals surface area contributed by atoms with Crippen LogP contribution < -0.4 is 9.64 Å². The van der Waals surface area contributed by atoms with Crippen molar-refractivity contribution in [2.45, 2.75) is 25.9 Å². The van der Waals surface area contributed by atoms with E-state index in [1.165, 1.54) is 18.3 Å². The monoisotopic (exact) mass is 386 g/mol. The van der Waals surface area contributed by atoms with E-state index >= 15 is 0 Å². The van der Waals surface area contributed by atoms with E-state index in [0.29, 0.717) is 48.3 Å². The highest BCUT2D eigenvalue weighted by Crippen LogP contribution is 2.34. The first-order valence-corrected chi connectivity index (χ1v) is 9.38. The molecule has 0 atom stereocenters. The molecule has 6 nitrogen and oxygen atoms in total. The molecule has 1 saturated carbocycles. The molecular weight excluding hydrogens is 366 g/mol. The predicted octanol–water partition coefficient (Wildman–Crippen LogP) is 3.16. The predicted molar refractivity (Wildman–Crippen MR) is 99.2 cm³/mol. The molecule has 0 unspecified atom stereocenters. The average molecular weight is 386 g/mol. The maximum atomic E-state index is 12.6. The van der Waals surface area contributed by atoms with Crippen LogP contribution in [0.4, 0.5) is 14.5 Å². The van der Waals surface area contributed by atoms with Gasteiger partial charge in [0.25, 0.3) is 0 Å². The van der Waals surface area contributed by atoms with Crippen LogP contribution in [0.5, 0.6) is 5.75 Å². The fourth-order valence-electron chi connectivity index (χ4n) is 3.71. The highest BCUT2D eigenvalue weighted by atomic mass is 19.3. The van der Waals surface area contributed by atoms with Crippen molar-refractivity contribution < 1.29 is 18.3 Å². The Bertz CT molecular complexity index is 940. The molecule has 146 valence electrons. The highest BCUT2D eigenvalue weighted by Gasteiger charge is 2.34. The molecule has 2 heterocycles. The van der Waals surface area contributed by atoms with Crippen molar-refractivity contribution in [3.63, 3.8) is 0 Å². The van der Waals surface area contributed by atoms with E-state index in [1.54, 1.807) is 6.07 Å². The van der Waals surface area contributed by atoms with E-state index in [0.717, 1.165) is 19.3 Å². The van der Waals surface area contributed by atoms with E-state index in [9.17, 15) is 18.8 Å². The molecule has 28 heavy (non-hydrogen) atoms. The van der Waals surface area contributed by atoms with Crippen LogP contribution in [0.1, 0.15) is 24.8 Å². The van der Waals surface area contributed by atoms with Gasteiger partial charge in [0.2, 0.25) is 5.91 Å². The number of hydrogen-bond donors (Lipinski definition) is 0. The molecule has 0 radical (unpaired) electrons. The zero-order valence-corrected chi connectivity index (χ0v) is 15.3. The van der Waals surface area contributed by atoms with E-state index in [2.05, 4.69) is 20.7 Å². The third-order valence-electron chi connectivity index (χ3n) is 5.21. The summed E-state index contributed by atoms with van der Waals surface area (Å²) >= 11 is 0. The third-order valence-corrected chi connectivity index (χ3v) is 5.21. The number of nitrogens with zero attached hydrogens (tertiary/aromatic N) is 4. The van der Waals surface area contributed by atoms with Gasteiger partial charge in [-0.1, -0.05) is 0 Å². The summed E-state index contributed by atoms with van der Waals surface area (Å²) in [4.78, 5) is 20.6. The second-order valence-corrected chi connectivity index (χ2v) is 7.13. The summed E-state index contributed by atoms with van der Waals surface area (Å²) in [6.45, 7) is -0.407. The van der Waals surface area contributed by atoms with Crippen molar-refractivity contribution in [3.8, 4) is 11.8 Å². The Kier molecular flexibility index (Phi) is 4.99. The number of nitriles is 1. The van der Waals surface area contributed by atoms with Crippen LogP contribution in [-0.4, -0.2) is 48.6 Å². The molecule has 1 aromatic carbocycles. The normalized spacial score (nSPS) is 17.5. The Morgan fingerprint density at radius 2 is 2.07 bits per heavy atom. The van der Waals surface area contributed by atoms with Gasteiger partial charge in [0, 0.05) is 43.7 Å². The van der Waals surface area contributed by atoms with Gasteiger partial charge >= 0.3 is 6.61 Å². The number of ether oxygens (including phenoxy) is 1. The zero-order valence-electron chi connectivity index (χ0n) is 15.3. The number of rotatable bonds is 4. The summed E-state index contributed by atoms with van der Waals surface area (Å²) in [6, 6.07) is 6.71. The summed E-state index contributed by atoms with van der Waals surface area (Å²) in [5, 5.41) is 10.2. The minimum Gasteiger partial charge on any atom is -0.435 e. The van der Waals surface area contributed by atoms with Gasteiger partial charge in [0.05, 0.1) is 16.8 Å². The number of aromatic nitrogens is 1. The quantitative estimate of drug-likeness (QED) is 0.807. The molecule has 1 aliphatic heterocycles. The summed E-state index contributed by atoms with van der Waals surface area (Å²) in [5.41, 5.74) is 1.64. The summed E-state index contributed by atoms with van der Waals surface area (Å²) in [5.74, 6) is 0.424. The molecular formula is C20H20F2N4O2. The largest absolute Gasteiger partial charge is 0.435 e. The third kappa shape index (κ3) is 3.70. The van der Waals surface area contributed by atoms with Crippen molar-refractivity contribution in [1.29, 1.82) is 5.26 Å². The Balaban J connectivity index is 1.67. The molecule has 1 aromatic heterocycles. The van der Waals surface area contributed by atoms with Crippen LogP contribution in [0.15, 0.2) is 24.4 Å².